The third kappa shape index (κ3) is 2.66. The van der Waals surface area contributed by atoms with E-state index in [1.165, 1.54) is 0 Å². The Labute approximate surface area is 190 Å². The van der Waals surface area contributed by atoms with Crippen LogP contribution in [0.5, 0.6) is 0 Å². The zero-order valence-corrected chi connectivity index (χ0v) is 18.9. The lowest BCUT2D eigenvalue weighted by atomic mass is 9.90. The van der Waals surface area contributed by atoms with Crippen molar-refractivity contribution in [3.8, 4) is 0 Å². The summed E-state index contributed by atoms with van der Waals surface area (Å²) in [6, 6.07) is 1.11. The van der Waals surface area contributed by atoms with Crippen LogP contribution >= 0.6 is 15.9 Å². The van der Waals surface area contributed by atoms with Crippen molar-refractivity contribution in [3.05, 3.63) is 71.8 Å². The number of alkyl halides is 1. The van der Waals surface area contributed by atoms with Gasteiger partial charge in [0.1, 0.15) is 17.9 Å². The van der Waals surface area contributed by atoms with E-state index in [-0.39, 0.29) is 48.1 Å². The Balaban J connectivity index is 1.71. The summed E-state index contributed by atoms with van der Waals surface area (Å²) in [4.78, 5) is 38.6. The van der Waals surface area contributed by atoms with E-state index in [1.807, 2.05) is 6.92 Å². The topological polar surface area (TPSA) is 104 Å². The van der Waals surface area contributed by atoms with E-state index in [2.05, 4.69) is 15.9 Å². The van der Waals surface area contributed by atoms with Crippen molar-refractivity contribution in [2.75, 3.05) is 10.4 Å². The van der Waals surface area contributed by atoms with Gasteiger partial charge in [-0.1, -0.05) is 6.92 Å². The van der Waals surface area contributed by atoms with Crippen LogP contribution in [0.1, 0.15) is 43.7 Å². The number of hydrogen-bond donors (Lipinski definition) is 0. The summed E-state index contributed by atoms with van der Waals surface area (Å²) < 4.78 is 27.0. The molecule has 0 spiro atoms. The van der Waals surface area contributed by atoms with Gasteiger partial charge in [0.2, 0.25) is 5.76 Å². The Bertz CT molecular complexity index is 1250. The molecular formula is C21H19BrFN3O6. The minimum Gasteiger partial charge on any atom is -0.473 e. The molecule has 0 bridgehead atoms. The molecule has 0 aromatic carbocycles. The summed E-state index contributed by atoms with van der Waals surface area (Å²) in [6.45, 7) is 3.72. The van der Waals surface area contributed by atoms with Gasteiger partial charge in [-0.2, -0.15) is 0 Å². The van der Waals surface area contributed by atoms with E-state index >= 15 is 0 Å². The SMILES string of the molecule is CC[C@H]1C(=O)OCc2c1cc1n(c2=O)CC2=C(C)C3=C([N+](=O)[O-])C(OCBr)=C(F)CC3N21. The highest BCUT2D eigenvalue weighted by molar-refractivity contribution is 9.09. The molecule has 11 heteroatoms. The van der Waals surface area contributed by atoms with Gasteiger partial charge in [-0.15, -0.1) is 0 Å². The zero-order chi connectivity index (χ0) is 22.9. The van der Waals surface area contributed by atoms with Gasteiger partial charge in [0, 0.05) is 12.1 Å². The molecule has 32 heavy (non-hydrogen) atoms. The lowest BCUT2D eigenvalue weighted by molar-refractivity contribution is -0.426. The van der Waals surface area contributed by atoms with Crippen molar-refractivity contribution in [2.24, 2.45) is 0 Å². The number of carbonyl (C=O) groups is 1. The van der Waals surface area contributed by atoms with E-state index in [1.54, 1.807) is 22.5 Å². The summed E-state index contributed by atoms with van der Waals surface area (Å²) in [5, 5.41) is 11.9. The van der Waals surface area contributed by atoms with E-state index in [0.29, 0.717) is 40.2 Å². The molecule has 1 aromatic heterocycles. The van der Waals surface area contributed by atoms with Crippen LogP contribution in [0.4, 0.5) is 10.2 Å². The lowest BCUT2D eigenvalue weighted by Crippen LogP contribution is -2.36. The molecule has 0 fully saturated rings. The fourth-order valence-electron chi connectivity index (χ4n) is 5.23. The molecule has 168 valence electrons. The number of carbonyl (C=O) groups excluding carboxylic acids is 1. The molecule has 1 aromatic rings. The predicted octanol–water partition coefficient (Wildman–Crippen LogP) is 3.36. The molecule has 3 aliphatic heterocycles. The van der Waals surface area contributed by atoms with E-state index in [0.717, 1.165) is 0 Å². The fourth-order valence-corrected chi connectivity index (χ4v) is 5.46. The van der Waals surface area contributed by atoms with Crippen LogP contribution in [0, 0.1) is 10.1 Å². The summed E-state index contributed by atoms with van der Waals surface area (Å²) in [5.41, 5.74) is 2.06. The number of pyridine rings is 1. The second kappa shape index (κ2) is 7.29. The Kier molecular flexibility index (Phi) is 4.77. The van der Waals surface area contributed by atoms with Crippen LogP contribution in [0.25, 0.3) is 0 Å². The standard InChI is InChI=1S/C21H19BrFN3O6/c1-3-10-11-4-16-24(20(27)12(11)7-31-21(10)28)6-15-9(2)17-14(25(15)16)5-13(23)19(32-8-22)18(17)26(29)30/h4,10,14H,3,5-8H2,1-2H3/t10-,14?/m1/s1. The van der Waals surface area contributed by atoms with Gasteiger partial charge in [-0.25, -0.2) is 4.39 Å². The number of allylic oxidation sites excluding steroid dienone is 1. The average Bonchev–Trinajstić information content (AvgIpc) is 3.25. The number of aromatic nitrogens is 1. The molecule has 0 saturated heterocycles. The van der Waals surface area contributed by atoms with Crippen LogP contribution in [-0.2, 0) is 27.4 Å². The van der Waals surface area contributed by atoms with Crippen LogP contribution in [0.15, 0.2) is 45.0 Å². The van der Waals surface area contributed by atoms with Crippen LogP contribution in [0.3, 0.4) is 0 Å². The van der Waals surface area contributed by atoms with E-state index < -0.39 is 22.7 Å². The molecule has 0 N–H and O–H groups in total. The Morgan fingerprint density at radius 1 is 1.41 bits per heavy atom. The molecule has 1 unspecified atom stereocenters. The largest absolute Gasteiger partial charge is 0.473 e. The molecule has 4 heterocycles. The number of ether oxygens (including phenoxy) is 2. The molecule has 5 rings (SSSR count). The van der Waals surface area contributed by atoms with Crippen LogP contribution in [-0.4, -0.2) is 27.0 Å². The number of nitrogens with zero attached hydrogens (tertiary/aromatic N) is 3. The first-order valence-corrected chi connectivity index (χ1v) is 11.3. The molecule has 4 aliphatic rings. The number of fused-ring (bicyclic) bond motifs is 6. The predicted molar refractivity (Wildman–Crippen MR) is 114 cm³/mol. The minimum absolute atomic E-state index is 0.0769. The second-order valence-corrected chi connectivity index (χ2v) is 8.52. The maximum atomic E-state index is 15.0. The number of cyclic esters (lactones) is 1. The van der Waals surface area contributed by atoms with Gasteiger partial charge in [0.15, 0.2) is 5.83 Å². The highest BCUT2D eigenvalue weighted by atomic mass is 79.9. The highest BCUT2D eigenvalue weighted by Gasteiger charge is 2.50. The first-order valence-electron chi connectivity index (χ1n) is 10.2. The molecular weight excluding hydrogens is 489 g/mol. The quantitative estimate of drug-likeness (QED) is 0.266. The molecule has 0 amide bonds. The van der Waals surface area contributed by atoms with Gasteiger partial charge in [0.05, 0.1) is 34.6 Å². The number of hydrogen-bond acceptors (Lipinski definition) is 7. The minimum atomic E-state index is -0.715. The van der Waals surface area contributed by atoms with Crippen LogP contribution < -0.4 is 10.5 Å². The van der Waals surface area contributed by atoms with Gasteiger partial charge in [-0.3, -0.25) is 24.3 Å². The summed E-state index contributed by atoms with van der Waals surface area (Å²) in [6.07, 6.45) is 0.349. The summed E-state index contributed by atoms with van der Waals surface area (Å²) >= 11 is 3.04. The van der Waals surface area contributed by atoms with Crippen molar-refractivity contribution in [3.63, 3.8) is 0 Å². The van der Waals surface area contributed by atoms with Crippen molar-refractivity contribution < 1.29 is 23.6 Å². The Morgan fingerprint density at radius 3 is 2.81 bits per heavy atom. The van der Waals surface area contributed by atoms with Crippen molar-refractivity contribution in [2.45, 2.75) is 51.8 Å². The normalized spacial score (nSPS) is 23.8. The molecule has 0 radical (unpaired) electrons. The number of esters is 1. The number of nitro groups is 1. The zero-order valence-electron chi connectivity index (χ0n) is 17.3. The maximum Gasteiger partial charge on any atom is 0.319 e. The van der Waals surface area contributed by atoms with Crippen molar-refractivity contribution >= 4 is 27.7 Å². The Hall–Kier alpha value is -2.95. The monoisotopic (exact) mass is 507 g/mol. The van der Waals surface area contributed by atoms with Crippen molar-refractivity contribution in [1.82, 2.24) is 4.57 Å². The van der Waals surface area contributed by atoms with Gasteiger partial charge in [-0.05, 0) is 46.5 Å². The maximum absolute atomic E-state index is 15.0. The van der Waals surface area contributed by atoms with Crippen molar-refractivity contribution in [1.29, 1.82) is 0 Å². The molecule has 0 saturated carbocycles. The molecule has 2 atom stereocenters. The Morgan fingerprint density at radius 2 is 2.16 bits per heavy atom. The summed E-state index contributed by atoms with van der Waals surface area (Å²) in [5.74, 6) is -1.50. The van der Waals surface area contributed by atoms with E-state index in [4.69, 9.17) is 9.47 Å². The smallest absolute Gasteiger partial charge is 0.319 e. The number of anilines is 1. The van der Waals surface area contributed by atoms with Gasteiger partial charge in [0.25, 0.3) is 5.56 Å². The van der Waals surface area contributed by atoms with Crippen LogP contribution in [0.2, 0.25) is 0 Å². The fraction of sp³-hybridized carbons (Fsp3) is 0.429. The average molecular weight is 508 g/mol. The third-order valence-electron chi connectivity index (χ3n) is 6.64. The van der Waals surface area contributed by atoms with Gasteiger partial charge >= 0.3 is 11.7 Å². The summed E-state index contributed by atoms with van der Waals surface area (Å²) in [7, 11) is 0. The number of rotatable bonds is 4. The molecule has 1 aliphatic carbocycles. The third-order valence-corrected chi connectivity index (χ3v) is 6.87. The first kappa shape index (κ1) is 20.9. The lowest BCUT2D eigenvalue weighted by Gasteiger charge is -2.30. The highest BCUT2D eigenvalue weighted by Crippen LogP contribution is 2.50. The number of halogens is 2. The first-order chi connectivity index (χ1) is 15.3. The molecule has 9 nitrogen and oxygen atoms in total. The second-order valence-electron chi connectivity index (χ2n) is 8.06. The van der Waals surface area contributed by atoms with Gasteiger partial charge < -0.3 is 14.4 Å². The van der Waals surface area contributed by atoms with E-state index in [9.17, 15) is 24.1 Å².